The molecular weight excluding hydrogens is 256 g/mol. The van der Waals surface area contributed by atoms with Gasteiger partial charge in [0.25, 0.3) is 0 Å². The van der Waals surface area contributed by atoms with Crippen LogP contribution >= 0.6 is 11.3 Å². The fourth-order valence-corrected chi connectivity index (χ4v) is 3.31. The van der Waals surface area contributed by atoms with Crippen LogP contribution in [0.25, 0.3) is 0 Å². The number of aromatic nitrogens is 3. The molecule has 0 aromatic carbocycles. The average molecular weight is 278 g/mol. The minimum absolute atomic E-state index is 0.296. The topological polar surface area (TPSA) is 42.7 Å². The first-order chi connectivity index (χ1) is 9.02. The first-order valence-electron chi connectivity index (χ1n) is 6.67. The fraction of sp³-hybridized carbons (Fsp3) is 0.571. The lowest BCUT2D eigenvalue weighted by molar-refractivity contribution is 0.542. The largest absolute Gasteiger partial charge is 0.310 e. The summed E-state index contributed by atoms with van der Waals surface area (Å²) in [6.07, 6.45) is 0.930. The molecule has 1 N–H and O–H groups in total. The average Bonchev–Trinajstić information content (AvgIpc) is 2.84. The van der Waals surface area contributed by atoms with E-state index in [4.69, 9.17) is 0 Å². The molecule has 0 aliphatic heterocycles. The Balaban J connectivity index is 2.29. The summed E-state index contributed by atoms with van der Waals surface area (Å²) in [6, 6.07) is 0.296. The van der Waals surface area contributed by atoms with Gasteiger partial charge >= 0.3 is 0 Å². The van der Waals surface area contributed by atoms with E-state index in [2.05, 4.69) is 41.6 Å². The Morgan fingerprint density at radius 3 is 2.58 bits per heavy atom. The first-order valence-corrected chi connectivity index (χ1v) is 7.55. The monoisotopic (exact) mass is 278 g/mol. The Morgan fingerprint density at radius 2 is 2.11 bits per heavy atom. The van der Waals surface area contributed by atoms with Crippen LogP contribution < -0.4 is 5.32 Å². The molecule has 0 saturated heterocycles. The fourth-order valence-electron chi connectivity index (χ4n) is 2.49. The third-order valence-electron chi connectivity index (χ3n) is 3.41. The number of likely N-dealkylation sites (N-methyl/N-ethyl adjacent to an activating group) is 1. The van der Waals surface area contributed by atoms with Gasteiger partial charge in [-0.3, -0.25) is 4.68 Å². The molecule has 2 aromatic heterocycles. The van der Waals surface area contributed by atoms with E-state index in [9.17, 15) is 0 Å². The van der Waals surface area contributed by atoms with E-state index >= 15 is 0 Å². The molecule has 0 aliphatic rings. The Bertz CT molecular complexity index is 556. The van der Waals surface area contributed by atoms with Gasteiger partial charge in [-0.15, -0.1) is 11.3 Å². The van der Waals surface area contributed by atoms with Gasteiger partial charge in [0.15, 0.2) is 0 Å². The summed E-state index contributed by atoms with van der Waals surface area (Å²) in [5.41, 5.74) is 4.77. The molecule has 1 unspecified atom stereocenters. The summed E-state index contributed by atoms with van der Waals surface area (Å²) in [5.74, 6) is 0. The molecular formula is C14H22N4S. The molecule has 0 spiro atoms. The minimum atomic E-state index is 0.296. The highest BCUT2D eigenvalue weighted by Crippen LogP contribution is 2.25. The molecule has 0 fully saturated rings. The molecule has 2 aromatic rings. The number of aryl methyl sites for hydroxylation is 3. The van der Waals surface area contributed by atoms with Crippen LogP contribution in [0.3, 0.4) is 0 Å². The Kier molecular flexibility index (Phi) is 4.37. The van der Waals surface area contributed by atoms with Crippen LogP contribution in [0.5, 0.6) is 0 Å². The normalized spacial score (nSPS) is 12.9. The van der Waals surface area contributed by atoms with Crippen LogP contribution in [0.1, 0.15) is 40.6 Å². The van der Waals surface area contributed by atoms with Gasteiger partial charge in [0, 0.05) is 41.8 Å². The standard InChI is InChI=1S/C14H22N4S/c1-6-15-12(7-13-16-9(2)8-19-13)14-10(3)17-18(5)11(14)4/h8,12,15H,6-7H2,1-5H3. The maximum Gasteiger partial charge on any atom is 0.0947 e. The van der Waals surface area contributed by atoms with Crippen molar-refractivity contribution in [1.29, 1.82) is 0 Å². The summed E-state index contributed by atoms with van der Waals surface area (Å²) in [7, 11) is 2.00. The molecule has 0 aliphatic carbocycles. The number of nitrogens with zero attached hydrogens (tertiary/aromatic N) is 3. The molecule has 2 heterocycles. The van der Waals surface area contributed by atoms with Crippen LogP contribution in [0.2, 0.25) is 0 Å². The third-order valence-corrected chi connectivity index (χ3v) is 4.40. The zero-order valence-electron chi connectivity index (χ0n) is 12.3. The van der Waals surface area contributed by atoms with Gasteiger partial charge in [-0.1, -0.05) is 6.92 Å². The van der Waals surface area contributed by atoms with Crippen molar-refractivity contribution in [2.75, 3.05) is 6.54 Å². The number of rotatable bonds is 5. The zero-order chi connectivity index (χ0) is 14.0. The lowest BCUT2D eigenvalue weighted by atomic mass is 10.0. The highest BCUT2D eigenvalue weighted by Gasteiger charge is 2.20. The van der Waals surface area contributed by atoms with E-state index in [1.807, 2.05) is 18.7 Å². The van der Waals surface area contributed by atoms with Crippen molar-refractivity contribution in [2.45, 2.75) is 40.2 Å². The van der Waals surface area contributed by atoms with E-state index < -0.39 is 0 Å². The van der Waals surface area contributed by atoms with Gasteiger partial charge in [0.1, 0.15) is 0 Å². The van der Waals surface area contributed by atoms with Crippen molar-refractivity contribution >= 4 is 11.3 Å². The van der Waals surface area contributed by atoms with Crippen molar-refractivity contribution in [1.82, 2.24) is 20.1 Å². The summed E-state index contributed by atoms with van der Waals surface area (Å²) in [6.45, 7) is 9.35. The molecule has 5 heteroatoms. The Morgan fingerprint density at radius 1 is 1.37 bits per heavy atom. The van der Waals surface area contributed by atoms with Crippen molar-refractivity contribution in [3.8, 4) is 0 Å². The summed E-state index contributed by atoms with van der Waals surface area (Å²) in [4.78, 5) is 4.58. The smallest absolute Gasteiger partial charge is 0.0947 e. The summed E-state index contributed by atoms with van der Waals surface area (Å²) >= 11 is 1.74. The van der Waals surface area contributed by atoms with Crippen LogP contribution in [0.15, 0.2) is 5.38 Å². The van der Waals surface area contributed by atoms with Crippen LogP contribution in [0, 0.1) is 20.8 Å². The maximum absolute atomic E-state index is 4.58. The molecule has 0 saturated carbocycles. The van der Waals surface area contributed by atoms with Gasteiger partial charge in [0.2, 0.25) is 0 Å². The van der Waals surface area contributed by atoms with Crippen LogP contribution in [0.4, 0.5) is 0 Å². The highest BCUT2D eigenvalue weighted by molar-refractivity contribution is 7.09. The number of nitrogens with one attached hydrogen (secondary N) is 1. The second-order valence-electron chi connectivity index (χ2n) is 4.91. The predicted octanol–water partition coefficient (Wildman–Crippen LogP) is 2.70. The van der Waals surface area contributed by atoms with Gasteiger partial charge in [-0.2, -0.15) is 5.10 Å². The number of hydrogen-bond donors (Lipinski definition) is 1. The zero-order valence-corrected chi connectivity index (χ0v) is 13.1. The SMILES string of the molecule is CCNC(Cc1nc(C)cs1)c1c(C)nn(C)c1C. The molecule has 0 radical (unpaired) electrons. The molecule has 2 rings (SSSR count). The maximum atomic E-state index is 4.58. The first kappa shape index (κ1) is 14.2. The number of thiazole rings is 1. The lowest BCUT2D eigenvalue weighted by Gasteiger charge is -2.17. The van der Waals surface area contributed by atoms with Gasteiger partial charge in [-0.25, -0.2) is 4.98 Å². The third kappa shape index (κ3) is 3.04. The van der Waals surface area contributed by atoms with Gasteiger partial charge in [0.05, 0.1) is 10.7 Å². The molecule has 4 nitrogen and oxygen atoms in total. The molecule has 19 heavy (non-hydrogen) atoms. The van der Waals surface area contributed by atoms with Crippen molar-refractivity contribution in [3.05, 3.63) is 33.0 Å². The number of hydrogen-bond acceptors (Lipinski definition) is 4. The van der Waals surface area contributed by atoms with Gasteiger partial charge < -0.3 is 5.32 Å². The van der Waals surface area contributed by atoms with E-state index in [0.29, 0.717) is 6.04 Å². The Hall–Kier alpha value is -1.20. The van der Waals surface area contributed by atoms with Crippen LogP contribution in [-0.2, 0) is 13.5 Å². The van der Waals surface area contributed by atoms with Gasteiger partial charge in [-0.05, 0) is 27.3 Å². The van der Waals surface area contributed by atoms with E-state index in [1.54, 1.807) is 11.3 Å². The van der Waals surface area contributed by atoms with Crippen molar-refractivity contribution in [2.24, 2.45) is 7.05 Å². The lowest BCUT2D eigenvalue weighted by Crippen LogP contribution is -2.24. The molecule has 1 atom stereocenters. The van der Waals surface area contributed by atoms with E-state index in [-0.39, 0.29) is 0 Å². The second kappa shape index (κ2) is 5.84. The quantitative estimate of drug-likeness (QED) is 0.914. The van der Waals surface area contributed by atoms with Crippen molar-refractivity contribution in [3.63, 3.8) is 0 Å². The second-order valence-corrected chi connectivity index (χ2v) is 5.85. The predicted molar refractivity (Wildman–Crippen MR) is 79.7 cm³/mol. The molecule has 104 valence electrons. The van der Waals surface area contributed by atoms with Crippen LogP contribution in [-0.4, -0.2) is 21.3 Å². The summed E-state index contributed by atoms with van der Waals surface area (Å²) < 4.78 is 1.96. The van der Waals surface area contributed by atoms with Crippen molar-refractivity contribution < 1.29 is 0 Å². The van der Waals surface area contributed by atoms with E-state index in [0.717, 1.165) is 24.4 Å². The Labute approximate surface area is 118 Å². The summed E-state index contributed by atoms with van der Waals surface area (Å²) in [5, 5.41) is 11.4. The molecule has 0 bridgehead atoms. The molecule has 0 amide bonds. The van der Waals surface area contributed by atoms with E-state index in [1.165, 1.54) is 16.3 Å². The highest BCUT2D eigenvalue weighted by atomic mass is 32.1. The minimum Gasteiger partial charge on any atom is -0.310 e.